The number of pyridine rings is 1. The van der Waals surface area contributed by atoms with E-state index < -0.39 is 0 Å². The SMILES string of the molecule is O=C(NC1CCC(N2CCCCC2=O)CC1)c1ccc(-c2nccc3occc23)cc1. The summed E-state index contributed by atoms with van der Waals surface area (Å²) in [7, 11) is 0. The average Bonchev–Trinajstić information content (AvgIpc) is 3.29. The van der Waals surface area contributed by atoms with Crippen molar-refractivity contribution in [1.29, 1.82) is 0 Å². The zero-order valence-corrected chi connectivity index (χ0v) is 17.5. The van der Waals surface area contributed by atoms with Gasteiger partial charge < -0.3 is 14.6 Å². The Morgan fingerprint density at radius 2 is 1.84 bits per heavy atom. The van der Waals surface area contributed by atoms with Crippen LogP contribution in [-0.2, 0) is 4.79 Å². The summed E-state index contributed by atoms with van der Waals surface area (Å²) >= 11 is 0. The predicted molar refractivity (Wildman–Crippen MR) is 119 cm³/mol. The molecule has 1 aromatic carbocycles. The number of furan rings is 1. The Bertz CT molecular complexity index is 1080. The molecule has 1 aliphatic heterocycles. The first-order valence-electron chi connectivity index (χ1n) is 11.2. The molecule has 1 saturated heterocycles. The van der Waals surface area contributed by atoms with Crippen LogP contribution in [0.1, 0.15) is 55.3 Å². The fourth-order valence-electron chi connectivity index (χ4n) is 4.92. The van der Waals surface area contributed by atoms with Crippen LogP contribution in [0.5, 0.6) is 0 Å². The molecule has 2 aromatic heterocycles. The summed E-state index contributed by atoms with van der Waals surface area (Å²) in [5, 5.41) is 4.14. The lowest BCUT2D eigenvalue weighted by molar-refractivity contribution is -0.136. The van der Waals surface area contributed by atoms with Crippen molar-refractivity contribution in [3.8, 4) is 11.3 Å². The first-order valence-corrected chi connectivity index (χ1v) is 11.2. The second kappa shape index (κ2) is 8.53. The lowest BCUT2D eigenvalue weighted by Gasteiger charge is -2.39. The number of aromatic nitrogens is 1. The number of amides is 2. The third-order valence-electron chi connectivity index (χ3n) is 6.63. The summed E-state index contributed by atoms with van der Waals surface area (Å²) in [5.74, 6) is 0.262. The number of benzene rings is 1. The van der Waals surface area contributed by atoms with E-state index in [2.05, 4.69) is 15.2 Å². The Labute approximate surface area is 181 Å². The van der Waals surface area contributed by atoms with E-state index in [-0.39, 0.29) is 11.9 Å². The standard InChI is InChI=1S/C25H27N3O3/c29-23-3-1-2-15-28(23)20-10-8-19(9-11-20)27-25(30)18-6-4-17(5-7-18)24-21-13-16-31-22(21)12-14-26-24/h4-7,12-14,16,19-20H,1-3,8-11,15H2,(H,27,30). The van der Waals surface area contributed by atoms with Crippen molar-refractivity contribution in [3.63, 3.8) is 0 Å². The quantitative estimate of drug-likeness (QED) is 0.676. The van der Waals surface area contributed by atoms with E-state index in [9.17, 15) is 9.59 Å². The van der Waals surface area contributed by atoms with Crippen molar-refractivity contribution in [2.24, 2.45) is 0 Å². The van der Waals surface area contributed by atoms with Gasteiger partial charge in [0.05, 0.1) is 12.0 Å². The molecule has 5 rings (SSSR count). The van der Waals surface area contributed by atoms with Gasteiger partial charge in [-0.1, -0.05) is 12.1 Å². The number of likely N-dealkylation sites (tertiary alicyclic amines) is 1. The summed E-state index contributed by atoms with van der Waals surface area (Å²) in [6.07, 6.45) is 10.00. The van der Waals surface area contributed by atoms with Gasteiger partial charge in [-0.2, -0.15) is 0 Å². The Morgan fingerprint density at radius 1 is 1.03 bits per heavy atom. The van der Waals surface area contributed by atoms with E-state index in [0.29, 0.717) is 23.9 Å². The van der Waals surface area contributed by atoms with E-state index >= 15 is 0 Å². The van der Waals surface area contributed by atoms with Crippen LogP contribution >= 0.6 is 0 Å². The molecule has 2 aliphatic rings. The van der Waals surface area contributed by atoms with Crippen LogP contribution in [0.4, 0.5) is 0 Å². The zero-order chi connectivity index (χ0) is 21.2. The maximum atomic E-state index is 12.8. The summed E-state index contributed by atoms with van der Waals surface area (Å²) in [6.45, 7) is 0.897. The fraction of sp³-hybridized carbons (Fsp3) is 0.400. The third kappa shape index (κ3) is 4.07. The maximum absolute atomic E-state index is 12.8. The van der Waals surface area contributed by atoms with Crippen LogP contribution < -0.4 is 5.32 Å². The molecule has 160 valence electrons. The van der Waals surface area contributed by atoms with E-state index in [1.165, 1.54) is 0 Å². The number of fused-ring (bicyclic) bond motifs is 1. The number of carbonyl (C=O) groups is 2. The van der Waals surface area contributed by atoms with Crippen LogP contribution in [0, 0.1) is 0 Å². The molecule has 1 N–H and O–H groups in total. The van der Waals surface area contributed by atoms with Crippen molar-refractivity contribution >= 4 is 22.8 Å². The number of nitrogens with one attached hydrogen (secondary N) is 1. The third-order valence-corrected chi connectivity index (χ3v) is 6.63. The summed E-state index contributed by atoms with van der Waals surface area (Å²) in [6, 6.07) is 11.8. The lowest BCUT2D eigenvalue weighted by atomic mass is 9.89. The molecular formula is C25H27N3O3. The predicted octanol–water partition coefficient (Wildman–Crippen LogP) is 4.55. The van der Waals surface area contributed by atoms with Gasteiger partial charge in [-0.05, 0) is 62.8 Å². The Balaban J connectivity index is 1.20. The van der Waals surface area contributed by atoms with Crippen LogP contribution in [0.15, 0.2) is 53.3 Å². The smallest absolute Gasteiger partial charge is 0.251 e. The number of carbonyl (C=O) groups excluding carboxylic acids is 2. The maximum Gasteiger partial charge on any atom is 0.251 e. The van der Waals surface area contributed by atoms with Gasteiger partial charge in [-0.3, -0.25) is 14.6 Å². The molecular weight excluding hydrogens is 390 g/mol. The van der Waals surface area contributed by atoms with Gasteiger partial charge in [-0.25, -0.2) is 0 Å². The van der Waals surface area contributed by atoms with Crippen LogP contribution in [0.25, 0.3) is 22.2 Å². The van der Waals surface area contributed by atoms with Crippen molar-refractivity contribution in [2.45, 2.75) is 57.0 Å². The molecule has 0 bridgehead atoms. The van der Waals surface area contributed by atoms with E-state index in [4.69, 9.17) is 4.42 Å². The number of hydrogen-bond acceptors (Lipinski definition) is 4. The highest BCUT2D eigenvalue weighted by atomic mass is 16.3. The topological polar surface area (TPSA) is 75.4 Å². The molecule has 1 saturated carbocycles. The van der Waals surface area contributed by atoms with Gasteiger partial charge >= 0.3 is 0 Å². The summed E-state index contributed by atoms with van der Waals surface area (Å²) in [4.78, 5) is 31.5. The second-order valence-electron chi connectivity index (χ2n) is 8.59. The largest absolute Gasteiger partial charge is 0.464 e. The lowest BCUT2D eigenvalue weighted by Crippen LogP contribution is -2.47. The average molecular weight is 418 g/mol. The van der Waals surface area contributed by atoms with Crippen LogP contribution in [0.2, 0.25) is 0 Å². The second-order valence-corrected chi connectivity index (χ2v) is 8.59. The molecule has 3 heterocycles. The number of hydrogen-bond donors (Lipinski definition) is 1. The Kier molecular flexibility index (Phi) is 5.45. The number of nitrogens with zero attached hydrogens (tertiary/aromatic N) is 2. The van der Waals surface area contributed by atoms with E-state index in [1.807, 2.05) is 36.4 Å². The fourth-order valence-corrected chi connectivity index (χ4v) is 4.92. The monoisotopic (exact) mass is 417 g/mol. The molecule has 2 fully saturated rings. The number of rotatable bonds is 4. The zero-order valence-electron chi connectivity index (χ0n) is 17.5. The molecule has 0 atom stereocenters. The van der Waals surface area contributed by atoms with E-state index in [1.54, 1.807) is 12.5 Å². The van der Waals surface area contributed by atoms with Crippen molar-refractivity contribution in [2.75, 3.05) is 6.54 Å². The Hall–Kier alpha value is -3.15. The van der Waals surface area contributed by atoms with E-state index in [0.717, 1.165) is 67.3 Å². The molecule has 2 amide bonds. The molecule has 0 radical (unpaired) electrons. The molecule has 6 nitrogen and oxygen atoms in total. The number of piperidine rings is 1. The highest BCUT2D eigenvalue weighted by Gasteiger charge is 2.30. The van der Waals surface area contributed by atoms with Gasteiger partial charge in [0, 0.05) is 47.8 Å². The molecule has 0 spiro atoms. The van der Waals surface area contributed by atoms with Gasteiger partial charge in [0.2, 0.25) is 5.91 Å². The van der Waals surface area contributed by atoms with Gasteiger partial charge in [-0.15, -0.1) is 0 Å². The van der Waals surface area contributed by atoms with Crippen molar-refractivity contribution < 1.29 is 14.0 Å². The minimum Gasteiger partial charge on any atom is -0.464 e. The first-order chi connectivity index (χ1) is 15.2. The minimum absolute atomic E-state index is 0.0430. The first kappa shape index (κ1) is 19.8. The molecule has 0 unspecified atom stereocenters. The van der Waals surface area contributed by atoms with Crippen molar-refractivity contribution in [1.82, 2.24) is 15.2 Å². The Morgan fingerprint density at radius 3 is 2.61 bits per heavy atom. The van der Waals surface area contributed by atoms with Gasteiger partial charge in [0.25, 0.3) is 5.91 Å². The van der Waals surface area contributed by atoms with Gasteiger partial charge in [0.1, 0.15) is 5.58 Å². The van der Waals surface area contributed by atoms with Gasteiger partial charge in [0.15, 0.2) is 0 Å². The molecule has 31 heavy (non-hydrogen) atoms. The summed E-state index contributed by atoms with van der Waals surface area (Å²) in [5.41, 5.74) is 3.25. The van der Waals surface area contributed by atoms with Crippen molar-refractivity contribution in [3.05, 3.63) is 54.4 Å². The highest BCUT2D eigenvalue weighted by molar-refractivity contribution is 5.96. The minimum atomic E-state index is -0.0430. The normalized spacial score (nSPS) is 21.9. The molecule has 6 heteroatoms. The summed E-state index contributed by atoms with van der Waals surface area (Å²) < 4.78 is 5.45. The molecule has 1 aliphatic carbocycles. The van der Waals surface area contributed by atoms with Crippen LogP contribution in [0.3, 0.4) is 0 Å². The highest BCUT2D eigenvalue weighted by Crippen LogP contribution is 2.28. The van der Waals surface area contributed by atoms with Crippen LogP contribution in [-0.4, -0.2) is 40.3 Å². The molecule has 3 aromatic rings.